The average molecular weight is 262 g/mol. The van der Waals surface area contributed by atoms with Crippen molar-refractivity contribution in [2.24, 2.45) is 5.73 Å². The van der Waals surface area contributed by atoms with Crippen LogP contribution in [-0.2, 0) is 6.61 Å². The van der Waals surface area contributed by atoms with Crippen LogP contribution in [0.5, 0.6) is 5.75 Å². The van der Waals surface area contributed by atoms with Gasteiger partial charge in [0.2, 0.25) is 0 Å². The van der Waals surface area contributed by atoms with Gasteiger partial charge in [-0.05, 0) is 26.8 Å². The van der Waals surface area contributed by atoms with E-state index in [2.05, 4.69) is 11.9 Å². The van der Waals surface area contributed by atoms with Crippen molar-refractivity contribution in [2.75, 3.05) is 0 Å². The monoisotopic (exact) mass is 262 g/mol. The van der Waals surface area contributed by atoms with Crippen LogP contribution in [-0.4, -0.2) is 4.98 Å². The van der Waals surface area contributed by atoms with Gasteiger partial charge in [-0.2, -0.15) is 0 Å². The van der Waals surface area contributed by atoms with Gasteiger partial charge in [-0.1, -0.05) is 18.2 Å². The molecule has 0 saturated heterocycles. The molecule has 0 fully saturated rings. The van der Waals surface area contributed by atoms with E-state index in [0.717, 1.165) is 22.0 Å². The molecule has 2 aromatic rings. The predicted molar refractivity (Wildman–Crippen MR) is 75.0 cm³/mol. The maximum Gasteiger partial charge on any atom is 0.140 e. The first-order valence-corrected chi connectivity index (χ1v) is 6.80. The number of nitrogens with zero attached hydrogens (tertiary/aromatic N) is 1. The Bertz CT molecular complexity index is 515. The number of nitrogens with two attached hydrogens (primary N) is 1. The summed E-state index contributed by atoms with van der Waals surface area (Å²) in [6.07, 6.45) is 0. The summed E-state index contributed by atoms with van der Waals surface area (Å²) < 4.78 is 5.82. The molecule has 0 spiro atoms. The summed E-state index contributed by atoms with van der Waals surface area (Å²) in [6.45, 7) is 6.56. The molecule has 0 aliphatic rings. The number of para-hydroxylation sites is 1. The van der Waals surface area contributed by atoms with Crippen molar-refractivity contribution in [2.45, 2.75) is 33.4 Å². The lowest BCUT2D eigenvalue weighted by Crippen LogP contribution is -2.07. The molecule has 0 amide bonds. The van der Waals surface area contributed by atoms with Gasteiger partial charge in [0.05, 0.1) is 5.69 Å². The Morgan fingerprint density at radius 2 is 2.06 bits per heavy atom. The minimum absolute atomic E-state index is 0.0269. The molecule has 2 rings (SSSR count). The molecule has 0 unspecified atom stereocenters. The van der Waals surface area contributed by atoms with Crippen molar-refractivity contribution >= 4 is 11.3 Å². The zero-order chi connectivity index (χ0) is 13.1. The van der Waals surface area contributed by atoms with E-state index in [0.29, 0.717) is 6.61 Å². The summed E-state index contributed by atoms with van der Waals surface area (Å²) in [5.74, 6) is 0.845. The molecule has 0 radical (unpaired) electrons. The summed E-state index contributed by atoms with van der Waals surface area (Å²) >= 11 is 1.68. The lowest BCUT2D eigenvalue weighted by atomic mass is 10.1. The fourth-order valence-electron chi connectivity index (χ4n) is 1.73. The van der Waals surface area contributed by atoms with E-state index >= 15 is 0 Å². The Morgan fingerprint density at radius 3 is 2.67 bits per heavy atom. The van der Waals surface area contributed by atoms with Crippen LogP contribution in [0.15, 0.2) is 24.3 Å². The van der Waals surface area contributed by atoms with Crippen LogP contribution in [0.2, 0.25) is 0 Å². The molecule has 0 bridgehead atoms. The predicted octanol–water partition coefficient (Wildman–Crippen LogP) is 3.36. The largest absolute Gasteiger partial charge is 0.486 e. The van der Waals surface area contributed by atoms with Gasteiger partial charge in [-0.15, -0.1) is 11.3 Å². The van der Waals surface area contributed by atoms with Crippen molar-refractivity contribution in [1.82, 2.24) is 4.98 Å². The maximum atomic E-state index is 5.92. The Balaban J connectivity index is 2.10. The average Bonchev–Trinajstić information content (AvgIpc) is 2.66. The van der Waals surface area contributed by atoms with E-state index in [1.807, 2.05) is 38.1 Å². The third kappa shape index (κ3) is 2.89. The molecule has 0 aliphatic carbocycles. The second-order valence-corrected chi connectivity index (χ2v) is 5.65. The number of hydrogen-bond acceptors (Lipinski definition) is 4. The fourth-order valence-corrected chi connectivity index (χ4v) is 2.58. The molecule has 4 heteroatoms. The molecular weight excluding hydrogens is 244 g/mol. The first-order chi connectivity index (χ1) is 8.58. The summed E-state index contributed by atoms with van der Waals surface area (Å²) in [6, 6.07) is 7.86. The SMILES string of the molecule is Cc1nc(COc2ccccc2[C@H](C)N)sc1C. The molecule has 3 nitrogen and oxygen atoms in total. The third-order valence-corrected chi connectivity index (χ3v) is 3.88. The lowest BCUT2D eigenvalue weighted by molar-refractivity contribution is 0.300. The van der Waals surface area contributed by atoms with Crippen molar-refractivity contribution < 1.29 is 4.74 Å². The minimum Gasteiger partial charge on any atom is -0.486 e. The first-order valence-electron chi connectivity index (χ1n) is 5.98. The van der Waals surface area contributed by atoms with E-state index in [1.165, 1.54) is 4.88 Å². The number of hydrogen-bond donors (Lipinski definition) is 1. The number of aromatic nitrogens is 1. The van der Waals surface area contributed by atoms with E-state index in [9.17, 15) is 0 Å². The Kier molecular flexibility index (Phi) is 3.99. The van der Waals surface area contributed by atoms with Gasteiger partial charge in [0, 0.05) is 16.5 Å². The van der Waals surface area contributed by atoms with Gasteiger partial charge >= 0.3 is 0 Å². The summed E-state index contributed by atoms with van der Waals surface area (Å²) in [5, 5.41) is 1.00. The Hall–Kier alpha value is -1.39. The summed E-state index contributed by atoms with van der Waals surface area (Å²) in [4.78, 5) is 5.71. The van der Waals surface area contributed by atoms with Crippen molar-refractivity contribution in [3.63, 3.8) is 0 Å². The normalized spacial score (nSPS) is 12.4. The smallest absolute Gasteiger partial charge is 0.140 e. The van der Waals surface area contributed by atoms with Crippen molar-refractivity contribution in [3.05, 3.63) is 45.4 Å². The quantitative estimate of drug-likeness (QED) is 0.919. The molecule has 1 aromatic carbocycles. The van der Waals surface area contributed by atoms with Crippen LogP contribution in [0, 0.1) is 13.8 Å². The molecule has 1 aromatic heterocycles. The zero-order valence-electron chi connectivity index (χ0n) is 10.9. The van der Waals surface area contributed by atoms with Crippen molar-refractivity contribution in [1.29, 1.82) is 0 Å². The summed E-state index contributed by atoms with van der Waals surface area (Å²) in [7, 11) is 0. The molecule has 0 saturated carbocycles. The van der Waals surface area contributed by atoms with Crippen LogP contribution in [0.25, 0.3) is 0 Å². The number of benzene rings is 1. The number of thiazole rings is 1. The molecule has 1 atom stereocenters. The van der Waals surface area contributed by atoms with E-state index in [-0.39, 0.29) is 6.04 Å². The lowest BCUT2D eigenvalue weighted by Gasteiger charge is -2.12. The van der Waals surface area contributed by atoms with Gasteiger partial charge in [-0.3, -0.25) is 0 Å². The molecule has 96 valence electrons. The van der Waals surface area contributed by atoms with Crippen LogP contribution in [0.1, 0.15) is 34.1 Å². The van der Waals surface area contributed by atoms with Gasteiger partial charge in [0.1, 0.15) is 17.4 Å². The first kappa shape index (κ1) is 13.1. The van der Waals surface area contributed by atoms with E-state index < -0.39 is 0 Å². The van der Waals surface area contributed by atoms with Crippen LogP contribution in [0.4, 0.5) is 0 Å². The number of ether oxygens (including phenoxy) is 1. The maximum absolute atomic E-state index is 5.92. The summed E-state index contributed by atoms with van der Waals surface area (Å²) in [5.41, 5.74) is 8.03. The number of aryl methyl sites for hydroxylation is 2. The van der Waals surface area contributed by atoms with E-state index in [1.54, 1.807) is 11.3 Å². The van der Waals surface area contributed by atoms with Crippen LogP contribution >= 0.6 is 11.3 Å². The second kappa shape index (κ2) is 5.50. The standard InChI is InChI=1S/C14H18N2OS/c1-9(15)12-6-4-5-7-13(12)17-8-14-16-10(2)11(3)18-14/h4-7,9H,8,15H2,1-3H3/t9-/m0/s1. The molecule has 2 N–H and O–H groups in total. The zero-order valence-corrected chi connectivity index (χ0v) is 11.8. The highest BCUT2D eigenvalue weighted by atomic mass is 32.1. The Labute approximate surface area is 112 Å². The second-order valence-electron chi connectivity index (χ2n) is 4.36. The fraction of sp³-hybridized carbons (Fsp3) is 0.357. The van der Waals surface area contributed by atoms with Crippen LogP contribution < -0.4 is 10.5 Å². The Morgan fingerprint density at radius 1 is 1.33 bits per heavy atom. The molecular formula is C14H18N2OS. The van der Waals surface area contributed by atoms with Gasteiger partial charge in [0.15, 0.2) is 0 Å². The molecule has 1 heterocycles. The highest BCUT2D eigenvalue weighted by Crippen LogP contribution is 2.25. The minimum atomic E-state index is -0.0269. The van der Waals surface area contributed by atoms with Gasteiger partial charge in [-0.25, -0.2) is 4.98 Å². The number of rotatable bonds is 4. The van der Waals surface area contributed by atoms with Gasteiger partial charge in [0.25, 0.3) is 0 Å². The highest BCUT2D eigenvalue weighted by molar-refractivity contribution is 7.11. The topological polar surface area (TPSA) is 48.1 Å². The molecule has 0 aliphatic heterocycles. The van der Waals surface area contributed by atoms with E-state index in [4.69, 9.17) is 10.5 Å². The van der Waals surface area contributed by atoms with Crippen molar-refractivity contribution in [3.8, 4) is 5.75 Å². The van der Waals surface area contributed by atoms with Gasteiger partial charge < -0.3 is 10.5 Å². The molecule has 18 heavy (non-hydrogen) atoms. The third-order valence-electron chi connectivity index (χ3n) is 2.83. The van der Waals surface area contributed by atoms with Crippen LogP contribution in [0.3, 0.4) is 0 Å². The highest BCUT2D eigenvalue weighted by Gasteiger charge is 2.09.